The van der Waals surface area contributed by atoms with Crippen LogP contribution < -0.4 is 0 Å². The van der Waals surface area contributed by atoms with Gasteiger partial charge in [-0.05, 0) is 12.0 Å². The molecular weight excluding hydrogens is 184 g/mol. The summed E-state index contributed by atoms with van der Waals surface area (Å²) in [4.78, 5) is 0. The lowest BCUT2D eigenvalue weighted by Crippen LogP contribution is -1.99. The van der Waals surface area contributed by atoms with Crippen LogP contribution in [0.3, 0.4) is 0 Å². The predicted octanol–water partition coefficient (Wildman–Crippen LogP) is 2.14. The number of hydrogen-bond acceptors (Lipinski definition) is 2. The van der Waals surface area contributed by atoms with E-state index in [1.807, 2.05) is 37.3 Å². The van der Waals surface area contributed by atoms with Crippen LogP contribution in [-0.2, 0) is 10.7 Å². The van der Waals surface area contributed by atoms with Gasteiger partial charge in [0.2, 0.25) is 0 Å². The molecule has 1 rings (SSSR count). The van der Waals surface area contributed by atoms with Crippen LogP contribution in [0.15, 0.2) is 30.3 Å². The molecule has 72 valence electrons. The van der Waals surface area contributed by atoms with E-state index in [0.717, 1.165) is 12.0 Å². The summed E-state index contributed by atoms with van der Waals surface area (Å²) in [6.45, 7) is 1.99. The summed E-state index contributed by atoms with van der Waals surface area (Å²) in [5.41, 5.74) is 0.903. The van der Waals surface area contributed by atoms with Crippen LogP contribution in [-0.4, -0.2) is 8.42 Å². The van der Waals surface area contributed by atoms with Crippen molar-refractivity contribution in [2.45, 2.75) is 25.0 Å². The molecule has 0 radical (unpaired) electrons. The second kappa shape index (κ2) is 5.02. The number of benzene rings is 1. The fourth-order valence-electron chi connectivity index (χ4n) is 1.34. The van der Waals surface area contributed by atoms with Gasteiger partial charge in [-0.2, -0.15) is 0 Å². The molecule has 0 fully saturated rings. The van der Waals surface area contributed by atoms with Crippen molar-refractivity contribution >= 4 is 10.7 Å². The molecule has 0 aliphatic carbocycles. The van der Waals surface area contributed by atoms with Crippen LogP contribution in [0.4, 0.5) is 0 Å². The van der Waals surface area contributed by atoms with Crippen LogP contribution in [0.2, 0.25) is 0 Å². The fourth-order valence-corrected chi connectivity index (χ4v) is 2.23. The molecule has 3 heteroatoms. The number of hydrogen-bond donors (Lipinski definition) is 1. The second-order valence-electron chi connectivity index (χ2n) is 3.00. The first-order valence-electron chi connectivity index (χ1n) is 4.44. The third kappa shape index (κ3) is 2.84. The lowest BCUT2D eigenvalue weighted by atomic mass is 10.1. The van der Waals surface area contributed by atoms with E-state index in [4.69, 9.17) is 0 Å². The summed E-state index contributed by atoms with van der Waals surface area (Å²) in [5, 5.41) is -0.304. The molecule has 0 bridgehead atoms. The molecule has 1 unspecified atom stereocenters. The normalized spacial score (nSPS) is 13.1. The molecule has 1 aromatic rings. The Labute approximate surface area is 80.5 Å². The highest BCUT2D eigenvalue weighted by Gasteiger charge is 2.11. The van der Waals surface area contributed by atoms with Gasteiger partial charge in [0.1, 0.15) is 10.7 Å². The topological polar surface area (TPSA) is 34.1 Å². The maximum absolute atomic E-state index is 10.9. The Hall–Kier alpha value is -0.830. The second-order valence-corrected chi connectivity index (χ2v) is 4.19. The summed E-state index contributed by atoms with van der Waals surface area (Å²) < 4.78 is 21.9. The van der Waals surface area contributed by atoms with Gasteiger partial charge < -0.3 is 0 Å². The maximum Gasteiger partial charge on any atom is 0.147 e. The van der Waals surface area contributed by atoms with Crippen LogP contribution >= 0.6 is 0 Å². The first-order chi connectivity index (χ1) is 6.25. The van der Waals surface area contributed by atoms with Crippen molar-refractivity contribution in [2.24, 2.45) is 0 Å². The van der Waals surface area contributed by atoms with Gasteiger partial charge >= 0.3 is 0 Å². The number of rotatable bonds is 4. The highest BCUT2D eigenvalue weighted by molar-refractivity contribution is 7.72. The zero-order valence-electron chi connectivity index (χ0n) is 7.64. The molecule has 0 saturated carbocycles. The zero-order valence-corrected chi connectivity index (χ0v) is 8.54. The molecular formula is C10H14O2S. The van der Waals surface area contributed by atoms with E-state index >= 15 is 0 Å². The standard InChI is InChI=1S/C10H14O2S/c1-2-6-10(13(11)12)9-7-4-3-5-8-9/h3-5,7-8,10,13H,2,6H2,1H3. The average molecular weight is 198 g/mol. The molecule has 1 atom stereocenters. The van der Waals surface area contributed by atoms with Gasteiger partial charge in [0.05, 0.1) is 5.25 Å². The minimum atomic E-state index is -2.35. The van der Waals surface area contributed by atoms with Crippen LogP contribution in [0, 0.1) is 0 Å². The van der Waals surface area contributed by atoms with E-state index < -0.39 is 10.7 Å². The summed E-state index contributed by atoms with van der Waals surface area (Å²) in [6, 6.07) is 9.37. The van der Waals surface area contributed by atoms with E-state index in [2.05, 4.69) is 0 Å². The van der Waals surface area contributed by atoms with Crippen molar-refractivity contribution in [3.63, 3.8) is 0 Å². The van der Waals surface area contributed by atoms with Crippen LogP contribution in [0.5, 0.6) is 0 Å². The van der Waals surface area contributed by atoms with E-state index in [-0.39, 0.29) is 5.25 Å². The van der Waals surface area contributed by atoms with Crippen LogP contribution in [0.25, 0.3) is 0 Å². The van der Waals surface area contributed by atoms with Gasteiger partial charge in [0, 0.05) is 0 Å². The Morgan fingerprint density at radius 3 is 2.31 bits per heavy atom. The van der Waals surface area contributed by atoms with Crippen molar-refractivity contribution in [3.05, 3.63) is 35.9 Å². The molecule has 0 N–H and O–H groups in total. The largest absolute Gasteiger partial charge is 0.231 e. The highest BCUT2D eigenvalue weighted by Crippen LogP contribution is 2.21. The molecule has 0 heterocycles. The molecule has 13 heavy (non-hydrogen) atoms. The lowest BCUT2D eigenvalue weighted by molar-refractivity contribution is 0.593. The van der Waals surface area contributed by atoms with Gasteiger partial charge in [-0.3, -0.25) is 0 Å². The summed E-state index contributed by atoms with van der Waals surface area (Å²) >= 11 is 0. The molecule has 0 saturated heterocycles. The molecule has 2 nitrogen and oxygen atoms in total. The SMILES string of the molecule is CCCC(c1ccccc1)[SH](=O)=O. The van der Waals surface area contributed by atoms with Crippen LogP contribution in [0.1, 0.15) is 30.6 Å². The molecule has 0 amide bonds. The van der Waals surface area contributed by atoms with Gasteiger partial charge in [0.15, 0.2) is 0 Å². The molecule has 0 aliphatic heterocycles. The first-order valence-corrected chi connectivity index (χ1v) is 5.68. The van der Waals surface area contributed by atoms with Crippen molar-refractivity contribution in [2.75, 3.05) is 0 Å². The third-order valence-corrected chi connectivity index (χ3v) is 3.07. The van der Waals surface area contributed by atoms with Crippen molar-refractivity contribution < 1.29 is 8.42 Å². The third-order valence-electron chi connectivity index (χ3n) is 2.00. The molecule has 0 aromatic heterocycles. The summed E-state index contributed by atoms with van der Waals surface area (Å²) in [7, 11) is -2.35. The Kier molecular flexibility index (Phi) is 3.96. The zero-order chi connectivity index (χ0) is 9.68. The predicted molar refractivity (Wildman–Crippen MR) is 54.4 cm³/mol. The monoisotopic (exact) mass is 198 g/mol. The Bertz CT molecular complexity index is 309. The molecule has 1 aromatic carbocycles. The highest BCUT2D eigenvalue weighted by atomic mass is 32.2. The number of thiol groups is 1. The minimum Gasteiger partial charge on any atom is -0.231 e. The van der Waals surface area contributed by atoms with E-state index in [0.29, 0.717) is 6.42 Å². The summed E-state index contributed by atoms with van der Waals surface area (Å²) in [6.07, 6.45) is 1.60. The van der Waals surface area contributed by atoms with Gasteiger partial charge in [-0.1, -0.05) is 43.7 Å². The van der Waals surface area contributed by atoms with E-state index in [9.17, 15) is 8.42 Å². The molecule has 0 aliphatic rings. The Morgan fingerprint density at radius 1 is 1.23 bits per heavy atom. The van der Waals surface area contributed by atoms with Gasteiger partial charge in [0.25, 0.3) is 0 Å². The Morgan fingerprint density at radius 2 is 1.85 bits per heavy atom. The van der Waals surface area contributed by atoms with E-state index in [1.54, 1.807) is 0 Å². The maximum atomic E-state index is 10.9. The van der Waals surface area contributed by atoms with E-state index in [1.165, 1.54) is 0 Å². The smallest absolute Gasteiger partial charge is 0.147 e. The minimum absolute atomic E-state index is 0.304. The van der Waals surface area contributed by atoms with Crippen molar-refractivity contribution in [3.8, 4) is 0 Å². The molecule has 0 spiro atoms. The van der Waals surface area contributed by atoms with Gasteiger partial charge in [-0.25, -0.2) is 8.42 Å². The quantitative estimate of drug-likeness (QED) is 0.752. The Balaban J connectivity index is 2.89. The van der Waals surface area contributed by atoms with Crippen molar-refractivity contribution in [1.29, 1.82) is 0 Å². The van der Waals surface area contributed by atoms with Gasteiger partial charge in [-0.15, -0.1) is 0 Å². The first kappa shape index (κ1) is 10.3. The van der Waals surface area contributed by atoms with Crippen molar-refractivity contribution in [1.82, 2.24) is 0 Å². The fraction of sp³-hybridized carbons (Fsp3) is 0.400. The average Bonchev–Trinajstić information content (AvgIpc) is 2.15. The lowest BCUT2D eigenvalue weighted by Gasteiger charge is -2.08. The summed E-state index contributed by atoms with van der Waals surface area (Å²) in [5.74, 6) is 0.